The molecule has 0 saturated carbocycles. The molecule has 18 heavy (non-hydrogen) atoms. The summed E-state index contributed by atoms with van der Waals surface area (Å²) < 4.78 is 0. The second-order valence-electron chi connectivity index (χ2n) is 6.17. The molecule has 0 radical (unpaired) electrons. The van der Waals surface area contributed by atoms with E-state index in [-0.39, 0.29) is 0 Å². The Labute approximate surface area is 109 Å². The molecule has 0 fully saturated rings. The van der Waals surface area contributed by atoms with E-state index in [1.165, 1.54) is 31.3 Å². The molecule has 0 heteroatoms. The van der Waals surface area contributed by atoms with E-state index >= 15 is 0 Å². The fraction of sp³-hybridized carbons (Fsp3) is 0.444. The SMILES string of the molecule is CC1=CCC2CCC3=C4C2=C1C=CC4CC=C3C. The molecule has 2 unspecified atom stereocenters. The van der Waals surface area contributed by atoms with Gasteiger partial charge in [-0.15, -0.1) is 0 Å². The van der Waals surface area contributed by atoms with E-state index in [9.17, 15) is 0 Å². The van der Waals surface area contributed by atoms with Crippen LogP contribution in [0.5, 0.6) is 0 Å². The average Bonchev–Trinajstić information content (AvgIpc) is 2.40. The van der Waals surface area contributed by atoms with Crippen LogP contribution in [0.1, 0.15) is 39.5 Å². The summed E-state index contributed by atoms with van der Waals surface area (Å²) in [6, 6.07) is 0. The van der Waals surface area contributed by atoms with Crippen molar-refractivity contribution in [2.45, 2.75) is 39.5 Å². The monoisotopic (exact) mass is 236 g/mol. The molecule has 4 aliphatic rings. The van der Waals surface area contributed by atoms with Gasteiger partial charge in [0.1, 0.15) is 0 Å². The van der Waals surface area contributed by atoms with Gasteiger partial charge >= 0.3 is 0 Å². The van der Waals surface area contributed by atoms with E-state index in [1.54, 1.807) is 27.9 Å². The Balaban J connectivity index is 2.00. The van der Waals surface area contributed by atoms with Gasteiger partial charge in [0, 0.05) is 5.92 Å². The van der Waals surface area contributed by atoms with E-state index in [1.807, 2.05) is 0 Å². The third-order valence-electron chi connectivity index (χ3n) is 5.21. The minimum absolute atomic E-state index is 0.677. The lowest BCUT2D eigenvalue weighted by Gasteiger charge is -2.41. The number of allylic oxidation sites excluding steroid dienone is 10. The Bertz CT molecular complexity index is 575. The van der Waals surface area contributed by atoms with Crippen molar-refractivity contribution in [3.63, 3.8) is 0 Å². The highest BCUT2D eigenvalue weighted by atomic mass is 14.4. The largest absolute Gasteiger partial charge is 0.0804 e. The second-order valence-corrected chi connectivity index (χ2v) is 6.17. The van der Waals surface area contributed by atoms with Gasteiger partial charge in [-0.3, -0.25) is 0 Å². The van der Waals surface area contributed by atoms with Crippen molar-refractivity contribution in [1.82, 2.24) is 0 Å². The number of rotatable bonds is 0. The molecule has 4 aliphatic carbocycles. The van der Waals surface area contributed by atoms with Crippen LogP contribution < -0.4 is 0 Å². The number of hydrogen-bond acceptors (Lipinski definition) is 0. The zero-order valence-corrected chi connectivity index (χ0v) is 11.3. The molecular formula is C18H20. The van der Waals surface area contributed by atoms with Crippen molar-refractivity contribution >= 4 is 0 Å². The Hall–Kier alpha value is -1.30. The summed E-state index contributed by atoms with van der Waals surface area (Å²) in [5.41, 5.74) is 9.71. The highest BCUT2D eigenvalue weighted by Gasteiger charge is 2.36. The predicted molar refractivity (Wildman–Crippen MR) is 76.2 cm³/mol. The summed E-state index contributed by atoms with van der Waals surface area (Å²) in [5, 5.41) is 0. The van der Waals surface area contributed by atoms with Gasteiger partial charge in [0.2, 0.25) is 0 Å². The van der Waals surface area contributed by atoms with E-state index in [4.69, 9.17) is 0 Å². The molecule has 0 spiro atoms. The molecule has 0 aliphatic heterocycles. The normalized spacial score (nSPS) is 33.2. The Morgan fingerprint density at radius 1 is 1.00 bits per heavy atom. The van der Waals surface area contributed by atoms with Crippen LogP contribution in [0.25, 0.3) is 0 Å². The maximum atomic E-state index is 2.45. The molecule has 0 N–H and O–H groups in total. The molecule has 0 heterocycles. The topological polar surface area (TPSA) is 0 Å². The van der Waals surface area contributed by atoms with Gasteiger partial charge in [0.05, 0.1) is 0 Å². The minimum atomic E-state index is 0.677. The molecule has 0 aromatic rings. The first-order valence-electron chi connectivity index (χ1n) is 7.25. The van der Waals surface area contributed by atoms with Crippen LogP contribution in [0.3, 0.4) is 0 Å². The van der Waals surface area contributed by atoms with Crippen molar-refractivity contribution in [3.8, 4) is 0 Å². The van der Waals surface area contributed by atoms with E-state index < -0.39 is 0 Å². The van der Waals surface area contributed by atoms with E-state index in [0.29, 0.717) is 5.92 Å². The van der Waals surface area contributed by atoms with Gasteiger partial charge in [-0.05, 0) is 73.3 Å². The maximum Gasteiger partial charge on any atom is 0.00619 e. The highest BCUT2D eigenvalue weighted by molar-refractivity contribution is 5.63. The first-order chi connectivity index (χ1) is 8.75. The molecule has 0 amide bonds. The third kappa shape index (κ3) is 1.27. The van der Waals surface area contributed by atoms with Crippen LogP contribution in [0.2, 0.25) is 0 Å². The van der Waals surface area contributed by atoms with Crippen LogP contribution in [0, 0.1) is 11.8 Å². The second kappa shape index (κ2) is 3.60. The summed E-state index contributed by atoms with van der Waals surface area (Å²) in [7, 11) is 0. The summed E-state index contributed by atoms with van der Waals surface area (Å²) in [6.45, 7) is 4.59. The lowest BCUT2D eigenvalue weighted by atomic mass is 9.63. The molecule has 0 nitrogen and oxygen atoms in total. The smallest absolute Gasteiger partial charge is 0.00619 e. The van der Waals surface area contributed by atoms with Crippen molar-refractivity contribution in [1.29, 1.82) is 0 Å². The average molecular weight is 236 g/mol. The maximum absolute atomic E-state index is 2.45. The van der Waals surface area contributed by atoms with Crippen molar-refractivity contribution in [2.24, 2.45) is 11.8 Å². The quantitative estimate of drug-likeness (QED) is 0.562. The van der Waals surface area contributed by atoms with Gasteiger partial charge in [-0.2, -0.15) is 0 Å². The molecule has 0 saturated heterocycles. The van der Waals surface area contributed by atoms with Gasteiger partial charge in [-0.25, -0.2) is 0 Å². The fourth-order valence-electron chi connectivity index (χ4n) is 4.21. The van der Waals surface area contributed by atoms with Crippen LogP contribution in [-0.2, 0) is 0 Å². The van der Waals surface area contributed by atoms with Gasteiger partial charge in [0.25, 0.3) is 0 Å². The first kappa shape index (κ1) is 10.6. The lowest BCUT2D eigenvalue weighted by Crippen LogP contribution is -2.26. The third-order valence-corrected chi connectivity index (χ3v) is 5.21. The van der Waals surface area contributed by atoms with Crippen LogP contribution >= 0.6 is 0 Å². The predicted octanol–water partition coefficient (Wildman–Crippen LogP) is 4.88. The fourth-order valence-corrected chi connectivity index (χ4v) is 4.21. The highest BCUT2D eigenvalue weighted by Crippen LogP contribution is 2.51. The summed E-state index contributed by atoms with van der Waals surface area (Å²) in [6.07, 6.45) is 14.9. The molecule has 2 atom stereocenters. The number of hydrogen-bond donors (Lipinski definition) is 0. The molecular weight excluding hydrogens is 216 g/mol. The molecule has 92 valence electrons. The van der Waals surface area contributed by atoms with Gasteiger partial charge in [-0.1, -0.05) is 29.9 Å². The van der Waals surface area contributed by atoms with Crippen molar-refractivity contribution in [3.05, 3.63) is 57.7 Å². The van der Waals surface area contributed by atoms with Crippen LogP contribution in [-0.4, -0.2) is 0 Å². The zero-order valence-electron chi connectivity index (χ0n) is 11.3. The molecule has 4 rings (SSSR count). The van der Waals surface area contributed by atoms with Crippen LogP contribution in [0.4, 0.5) is 0 Å². The Kier molecular flexibility index (Phi) is 2.12. The first-order valence-corrected chi connectivity index (χ1v) is 7.25. The van der Waals surface area contributed by atoms with Gasteiger partial charge in [0.15, 0.2) is 0 Å². The summed E-state index contributed by atoms with van der Waals surface area (Å²) >= 11 is 0. The van der Waals surface area contributed by atoms with Crippen molar-refractivity contribution < 1.29 is 0 Å². The van der Waals surface area contributed by atoms with E-state index in [0.717, 1.165) is 5.92 Å². The Morgan fingerprint density at radius 3 is 2.72 bits per heavy atom. The lowest BCUT2D eigenvalue weighted by molar-refractivity contribution is 0.509. The molecule has 0 aromatic heterocycles. The summed E-state index contributed by atoms with van der Waals surface area (Å²) in [5.74, 6) is 1.48. The van der Waals surface area contributed by atoms with Crippen LogP contribution in [0.15, 0.2) is 57.7 Å². The van der Waals surface area contributed by atoms with Gasteiger partial charge < -0.3 is 0 Å². The van der Waals surface area contributed by atoms with E-state index in [2.05, 4.69) is 38.2 Å². The zero-order chi connectivity index (χ0) is 12.3. The molecule has 0 aromatic carbocycles. The summed E-state index contributed by atoms with van der Waals surface area (Å²) in [4.78, 5) is 0. The molecule has 0 bridgehead atoms. The Morgan fingerprint density at radius 2 is 1.83 bits per heavy atom. The standard InChI is InChI=1S/C18H20/c1-11-3-5-13-8-10-16-12(2)4-6-14-7-9-15(11)17(13)18(14)16/h3-4,7,9,13-14H,5-6,8,10H2,1-2H3. The van der Waals surface area contributed by atoms with Crippen molar-refractivity contribution in [2.75, 3.05) is 0 Å². The minimum Gasteiger partial charge on any atom is -0.0804 e.